The third-order valence-corrected chi connectivity index (χ3v) is 4.72. The zero-order valence-corrected chi connectivity index (χ0v) is 13.2. The summed E-state index contributed by atoms with van der Waals surface area (Å²) in [7, 11) is 0. The van der Waals surface area contributed by atoms with Crippen molar-refractivity contribution in [2.24, 2.45) is 0 Å². The summed E-state index contributed by atoms with van der Waals surface area (Å²) in [5.74, 6) is 1.69. The fourth-order valence-electron chi connectivity index (χ4n) is 3.57. The SMILES string of the molecule is c1ccc2[nH]c(-c3nc4cccnc4n3C3CCNCC3)nc2c1. The number of imidazole rings is 2. The summed E-state index contributed by atoms with van der Waals surface area (Å²) in [4.78, 5) is 17.6. The Labute approximate surface area is 139 Å². The number of nitrogens with zero attached hydrogens (tertiary/aromatic N) is 4. The molecular weight excluding hydrogens is 300 g/mol. The fraction of sp³-hybridized carbons (Fsp3) is 0.278. The van der Waals surface area contributed by atoms with Crippen molar-refractivity contribution in [1.29, 1.82) is 0 Å². The molecule has 0 amide bonds. The van der Waals surface area contributed by atoms with Crippen LogP contribution in [0.25, 0.3) is 33.8 Å². The van der Waals surface area contributed by atoms with Crippen LogP contribution in [0, 0.1) is 0 Å². The van der Waals surface area contributed by atoms with Gasteiger partial charge in [0.1, 0.15) is 5.52 Å². The van der Waals surface area contributed by atoms with Gasteiger partial charge in [0.2, 0.25) is 0 Å². The number of hydrogen-bond acceptors (Lipinski definition) is 4. The first-order valence-corrected chi connectivity index (χ1v) is 8.39. The molecule has 1 fully saturated rings. The number of aromatic amines is 1. The van der Waals surface area contributed by atoms with E-state index in [0.717, 1.165) is 59.8 Å². The predicted molar refractivity (Wildman–Crippen MR) is 93.8 cm³/mol. The third-order valence-electron chi connectivity index (χ3n) is 4.72. The van der Waals surface area contributed by atoms with Gasteiger partial charge >= 0.3 is 0 Å². The van der Waals surface area contributed by atoms with Crippen molar-refractivity contribution in [3.63, 3.8) is 0 Å². The van der Waals surface area contributed by atoms with Crippen molar-refractivity contribution < 1.29 is 0 Å². The summed E-state index contributed by atoms with van der Waals surface area (Å²) in [6, 6.07) is 12.4. The van der Waals surface area contributed by atoms with E-state index in [1.165, 1.54) is 0 Å². The third kappa shape index (κ3) is 2.11. The molecule has 6 nitrogen and oxygen atoms in total. The van der Waals surface area contributed by atoms with Crippen LogP contribution in [0.1, 0.15) is 18.9 Å². The van der Waals surface area contributed by atoms with E-state index in [2.05, 4.69) is 19.9 Å². The molecule has 6 heteroatoms. The van der Waals surface area contributed by atoms with E-state index in [1.807, 2.05) is 42.6 Å². The van der Waals surface area contributed by atoms with E-state index in [-0.39, 0.29) is 0 Å². The highest BCUT2D eigenvalue weighted by Gasteiger charge is 2.24. The molecule has 0 radical (unpaired) electrons. The van der Waals surface area contributed by atoms with Crippen LogP contribution in [-0.2, 0) is 0 Å². The van der Waals surface area contributed by atoms with Crippen LogP contribution in [-0.4, -0.2) is 37.6 Å². The summed E-state index contributed by atoms with van der Waals surface area (Å²) in [6.45, 7) is 2.05. The number of fused-ring (bicyclic) bond motifs is 2. The molecule has 3 aromatic heterocycles. The van der Waals surface area contributed by atoms with Crippen LogP contribution >= 0.6 is 0 Å². The maximum absolute atomic E-state index is 4.84. The van der Waals surface area contributed by atoms with Crippen LogP contribution in [0.15, 0.2) is 42.6 Å². The van der Waals surface area contributed by atoms with Gasteiger partial charge in [0.15, 0.2) is 17.3 Å². The highest BCUT2D eigenvalue weighted by atomic mass is 15.2. The summed E-state index contributed by atoms with van der Waals surface area (Å²) in [5.41, 5.74) is 3.86. The Morgan fingerprint density at radius 3 is 2.67 bits per heavy atom. The van der Waals surface area contributed by atoms with Gasteiger partial charge in [-0.25, -0.2) is 15.0 Å². The van der Waals surface area contributed by atoms with E-state index in [9.17, 15) is 0 Å². The number of pyridine rings is 1. The lowest BCUT2D eigenvalue weighted by molar-refractivity contribution is 0.376. The first-order chi connectivity index (χ1) is 11.9. The topological polar surface area (TPSA) is 71.4 Å². The smallest absolute Gasteiger partial charge is 0.178 e. The number of aromatic nitrogens is 5. The molecule has 0 atom stereocenters. The van der Waals surface area contributed by atoms with Crippen molar-refractivity contribution in [2.75, 3.05) is 13.1 Å². The lowest BCUT2D eigenvalue weighted by Crippen LogP contribution is -2.29. The van der Waals surface area contributed by atoms with Crippen molar-refractivity contribution >= 4 is 22.2 Å². The van der Waals surface area contributed by atoms with Crippen LogP contribution in [0.4, 0.5) is 0 Å². The fourth-order valence-corrected chi connectivity index (χ4v) is 3.57. The summed E-state index contributed by atoms with van der Waals surface area (Å²) >= 11 is 0. The van der Waals surface area contributed by atoms with Gasteiger partial charge in [-0.05, 0) is 50.2 Å². The second-order valence-corrected chi connectivity index (χ2v) is 6.24. The van der Waals surface area contributed by atoms with E-state index >= 15 is 0 Å². The minimum atomic E-state index is 0.398. The highest BCUT2D eigenvalue weighted by Crippen LogP contribution is 2.30. The number of benzene rings is 1. The number of para-hydroxylation sites is 2. The molecule has 1 aliphatic heterocycles. The van der Waals surface area contributed by atoms with Gasteiger partial charge in [0, 0.05) is 12.2 Å². The van der Waals surface area contributed by atoms with Gasteiger partial charge in [-0.3, -0.25) is 0 Å². The zero-order chi connectivity index (χ0) is 15.9. The van der Waals surface area contributed by atoms with Gasteiger partial charge in [-0.1, -0.05) is 12.1 Å². The van der Waals surface area contributed by atoms with Crippen LogP contribution in [0.2, 0.25) is 0 Å². The molecule has 4 heterocycles. The van der Waals surface area contributed by atoms with E-state index in [1.54, 1.807) is 0 Å². The number of hydrogen-bond donors (Lipinski definition) is 2. The van der Waals surface area contributed by atoms with Crippen LogP contribution < -0.4 is 5.32 Å². The molecule has 0 unspecified atom stereocenters. The Morgan fingerprint density at radius 2 is 1.79 bits per heavy atom. The average molecular weight is 318 g/mol. The van der Waals surface area contributed by atoms with Crippen LogP contribution in [0.5, 0.6) is 0 Å². The Bertz CT molecular complexity index is 976. The number of rotatable bonds is 2. The summed E-state index contributed by atoms with van der Waals surface area (Å²) in [5, 5.41) is 3.43. The largest absolute Gasteiger partial charge is 0.335 e. The number of H-pyrrole nitrogens is 1. The van der Waals surface area contributed by atoms with Gasteiger partial charge in [-0.2, -0.15) is 0 Å². The zero-order valence-electron chi connectivity index (χ0n) is 13.2. The average Bonchev–Trinajstić information content (AvgIpc) is 3.23. The number of nitrogens with one attached hydrogen (secondary N) is 2. The minimum absolute atomic E-state index is 0.398. The first-order valence-electron chi connectivity index (χ1n) is 8.39. The van der Waals surface area contributed by atoms with Gasteiger partial charge in [-0.15, -0.1) is 0 Å². The molecule has 5 rings (SSSR count). The van der Waals surface area contributed by atoms with E-state index in [0.29, 0.717) is 6.04 Å². The normalized spacial score (nSPS) is 16.2. The second kappa shape index (κ2) is 5.42. The maximum Gasteiger partial charge on any atom is 0.178 e. The van der Waals surface area contributed by atoms with Crippen molar-refractivity contribution in [3.8, 4) is 11.6 Å². The standard InChI is InChI=1S/C18H18N6/c1-2-5-14-13(4-1)21-16(22-14)18-23-15-6-3-9-20-17(15)24(18)12-7-10-19-11-8-12/h1-6,9,12,19H,7-8,10-11H2,(H,21,22). The molecule has 0 spiro atoms. The van der Waals surface area contributed by atoms with Gasteiger partial charge < -0.3 is 14.9 Å². The van der Waals surface area contributed by atoms with Gasteiger partial charge in [0.05, 0.1) is 11.0 Å². The molecule has 2 N–H and O–H groups in total. The Hall–Kier alpha value is -2.73. The molecule has 24 heavy (non-hydrogen) atoms. The monoisotopic (exact) mass is 318 g/mol. The molecular formula is C18H18N6. The van der Waals surface area contributed by atoms with Crippen molar-refractivity contribution in [1.82, 2.24) is 29.8 Å². The second-order valence-electron chi connectivity index (χ2n) is 6.24. The molecule has 0 saturated carbocycles. The Morgan fingerprint density at radius 1 is 0.958 bits per heavy atom. The molecule has 1 aromatic carbocycles. The van der Waals surface area contributed by atoms with Crippen LogP contribution in [0.3, 0.4) is 0 Å². The summed E-state index contributed by atoms with van der Waals surface area (Å²) in [6.07, 6.45) is 3.99. The predicted octanol–water partition coefficient (Wildman–Crippen LogP) is 2.90. The van der Waals surface area contributed by atoms with Crippen molar-refractivity contribution in [3.05, 3.63) is 42.6 Å². The molecule has 0 bridgehead atoms. The molecule has 120 valence electrons. The summed E-state index contributed by atoms with van der Waals surface area (Å²) < 4.78 is 2.27. The quantitative estimate of drug-likeness (QED) is 0.596. The van der Waals surface area contributed by atoms with E-state index in [4.69, 9.17) is 9.97 Å². The lowest BCUT2D eigenvalue weighted by Gasteiger charge is -2.25. The molecule has 4 aromatic rings. The molecule has 1 saturated heterocycles. The lowest BCUT2D eigenvalue weighted by atomic mass is 10.1. The van der Waals surface area contributed by atoms with Gasteiger partial charge in [0.25, 0.3) is 0 Å². The number of piperidine rings is 1. The van der Waals surface area contributed by atoms with Crippen molar-refractivity contribution in [2.45, 2.75) is 18.9 Å². The Kier molecular flexibility index (Phi) is 3.09. The first kappa shape index (κ1) is 13.7. The molecule has 0 aliphatic carbocycles. The highest BCUT2D eigenvalue weighted by molar-refractivity contribution is 5.81. The maximum atomic E-state index is 4.84. The van der Waals surface area contributed by atoms with E-state index < -0.39 is 0 Å². The minimum Gasteiger partial charge on any atom is -0.335 e. The molecule has 1 aliphatic rings. The Balaban J connectivity index is 1.74.